The summed E-state index contributed by atoms with van der Waals surface area (Å²) < 4.78 is 0. The normalized spacial score (nSPS) is 23.6. The minimum absolute atomic E-state index is 0.697. The molecule has 0 aromatic carbocycles. The summed E-state index contributed by atoms with van der Waals surface area (Å²) in [5.74, 6) is 2.08. The molecule has 1 aliphatic heterocycles. The van der Waals surface area contributed by atoms with E-state index >= 15 is 0 Å². The lowest BCUT2D eigenvalue weighted by molar-refractivity contribution is 0.243. The monoisotopic (exact) mass is 244 g/mol. The number of hydrogen-bond donors (Lipinski definition) is 1. The van der Waals surface area contributed by atoms with Crippen molar-refractivity contribution in [1.29, 1.82) is 0 Å². The molecule has 0 spiro atoms. The Balaban J connectivity index is 2.23. The number of unbranched alkanes of at least 4 members (excludes halogenated alkanes) is 1. The van der Waals surface area contributed by atoms with Crippen LogP contribution in [0.3, 0.4) is 0 Å². The van der Waals surface area contributed by atoms with Crippen molar-refractivity contribution in [1.82, 2.24) is 10.2 Å². The maximum absolute atomic E-state index is 3.67. The molecule has 0 aromatic rings. The van der Waals surface area contributed by atoms with Crippen molar-refractivity contribution >= 4 is 11.8 Å². The third-order valence-corrected chi connectivity index (χ3v) is 4.09. The molecule has 16 heavy (non-hydrogen) atoms. The first-order chi connectivity index (χ1) is 7.74. The van der Waals surface area contributed by atoms with Crippen molar-refractivity contribution in [3.63, 3.8) is 0 Å². The predicted octanol–water partition coefficient (Wildman–Crippen LogP) is 2.45. The second kappa shape index (κ2) is 8.37. The van der Waals surface area contributed by atoms with Gasteiger partial charge in [0.15, 0.2) is 0 Å². The second-order valence-corrected chi connectivity index (χ2v) is 6.14. The Labute approximate surface area is 106 Å². The van der Waals surface area contributed by atoms with E-state index in [1.807, 2.05) is 11.8 Å². The largest absolute Gasteiger partial charge is 0.312 e. The summed E-state index contributed by atoms with van der Waals surface area (Å²) in [6, 6.07) is 0.697. The minimum atomic E-state index is 0.697. The van der Waals surface area contributed by atoms with E-state index < -0.39 is 0 Å². The highest BCUT2D eigenvalue weighted by Crippen LogP contribution is 2.10. The molecule has 1 fully saturated rings. The topological polar surface area (TPSA) is 15.3 Å². The molecule has 1 unspecified atom stereocenters. The van der Waals surface area contributed by atoms with Crippen LogP contribution in [0.25, 0.3) is 0 Å². The lowest BCUT2D eigenvalue weighted by atomic mass is 10.0. The van der Waals surface area contributed by atoms with Gasteiger partial charge in [0.25, 0.3) is 0 Å². The fraction of sp³-hybridized carbons (Fsp3) is 1.00. The molecule has 0 aliphatic carbocycles. The Bertz CT molecular complexity index is 173. The molecule has 3 heteroatoms. The molecule has 0 radical (unpaired) electrons. The highest BCUT2D eigenvalue weighted by Gasteiger charge is 2.19. The van der Waals surface area contributed by atoms with Crippen molar-refractivity contribution in [2.75, 3.05) is 38.2 Å². The summed E-state index contributed by atoms with van der Waals surface area (Å²) in [6.07, 6.45) is 6.25. The van der Waals surface area contributed by atoms with Gasteiger partial charge in [-0.2, -0.15) is 11.8 Å². The van der Waals surface area contributed by atoms with Crippen molar-refractivity contribution in [3.8, 4) is 0 Å². The quantitative estimate of drug-likeness (QED) is 0.723. The van der Waals surface area contributed by atoms with Gasteiger partial charge in [0.2, 0.25) is 0 Å². The van der Waals surface area contributed by atoms with E-state index in [2.05, 4.69) is 30.3 Å². The second-order valence-electron chi connectivity index (χ2n) is 5.16. The number of rotatable bonds is 6. The Hall–Kier alpha value is 0.270. The SMILES string of the molecule is CSCCCCN1CCCNC(C(C)C)C1. The van der Waals surface area contributed by atoms with Gasteiger partial charge in [0, 0.05) is 12.6 Å². The van der Waals surface area contributed by atoms with Crippen LogP contribution in [0.2, 0.25) is 0 Å². The molecule has 0 saturated carbocycles. The highest BCUT2D eigenvalue weighted by atomic mass is 32.2. The summed E-state index contributed by atoms with van der Waals surface area (Å²) in [5, 5.41) is 3.67. The summed E-state index contributed by atoms with van der Waals surface area (Å²) in [7, 11) is 0. The third kappa shape index (κ3) is 5.55. The van der Waals surface area contributed by atoms with E-state index in [0.29, 0.717) is 6.04 Å². The van der Waals surface area contributed by atoms with E-state index in [1.54, 1.807) is 0 Å². The van der Waals surface area contributed by atoms with Gasteiger partial charge in [-0.05, 0) is 56.8 Å². The zero-order valence-electron chi connectivity index (χ0n) is 11.2. The molecule has 96 valence electrons. The summed E-state index contributed by atoms with van der Waals surface area (Å²) in [4.78, 5) is 2.66. The zero-order chi connectivity index (χ0) is 11.8. The number of nitrogens with zero attached hydrogens (tertiary/aromatic N) is 1. The van der Waals surface area contributed by atoms with Crippen LogP contribution in [0.5, 0.6) is 0 Å². The van der Waals surface area contributed by atoms with Gasteiger partial charge < -0.3 is 10.2 Å². The van der Waals surface area contributed by atoms with Crippen LogP contribution in [0, 0.1) is 5.92 Å². The van der Waals surface area contributed by atoms with Gasteiger partial charge in [0.05, 0.1) is 0 Å². The fourth-order valence-corrected chi connectivity index (χ4v) is 2.75. The number of thioether (sulfide) groups is 1. The van der Waals surface area contributed by atoms with E-state index in [-0.39, 0.29) is 0 Å². The van der Waals surface area contributed by atoms with Crippen LogP contribution in [-0.4, -0.2) is 49.1 Å². The summed E-state index contributed by atoms with van der Waals surface area (Å²) in [6.45, 7) is 9.69. The molecule has 1 rings (SSSR count). The molecule has 0 amide bonds. The van der Waals surface area contributed by atoms with Crippen LogP contribution in [0.1, 0.15) is 33.1 Å². The van der Waals surface area contributed by atoms with Crippen LogP contribution in [0.4, 0.5) is 0 Å². The van der Waals surface area contributed by atoms with Gasteiger partial charge in [-0.15, -0.1) is 0 Å². The summed E-state index contributed by atoms with van der Waals surface area (Å²) in [5.41, 5.74) is 0. The lowest BCUT2D eigenvalue weighted by Crippen LogP contribution is -2.41. The lowest BCUT2D eigenvalue weighted by Gasteiger charge is -2.26. The number of nitrogens with one attached hydrogen (secondary N) is 1. The Morgan fingerprint density at radius 3 is 2.88 bits per heavy atom. The fourth-order valence-electron chi connectivity index (χ4n) is 2.26. The molecular weight excluding hydrogens is 216 g/mol. The molecule has 1 aliphatic rings. The average Bonchev–Trinajstić information content (AvgIpc) is 2.50. The molecule has 1 N–H and O–H groups in total. The maximum atomic E-state index is 3.67. The van der Waals surface area contributed by atoms with E-state index in [9.17, 15) is 0 Å². The van der Waals surface area contributed by atoms with Crippen LogP contribution < -0.4 is 5.32 Å². The van der Waals surface area contributed by atoms with Crippen LogP contribution >= 0.6 is 11.8 Å². The predicted molar refractivity (Wildman–Crippen MR) is 75.3 cm³/mol. The highest BCUT2D eigenvalue weighted by molar-refractivity contribution is 7.98. The number of hydrogen-bond acceptors (Lipinski definition) is 3. The first-order valence-electron chi connectivity index (χ1n) is 6.68. The molecule has 0 bridgehead atoms. The van der Waals surface area contributed by atoms with E-state index in [1.165, 1.54) is 51.2 Å². The van der Waals surface area contributed by atoms with E-state index in [4.69, 9.17) is 0 Å². The van der Waals surface area contributed by atoms with Crippen molar-refractivity contribution in [2.45, 2.75) is 39.2 Å². The molecule has 0 aromatic heterocycles. The standard InChI is InChI=1S/C13H28N2S/c1-12(2)13-11-15(9-6-7-14-13)8-4-5-10-16-3/h12-14H,4-11H2,1-3H3. The minimum Gasteiger partial charge on any atom is -0.312 e. The first-order valence-corrected chi connectivity index (χ1v) is 8.08. The van der Waals surface area contributed by atoms with Crippen molar-refractivity contribution < 1.29 is 0 Å². The summed E-state index contributed by atoms with van der Waals surface area (Å²) >= 11 is 1.97. The van der Waals surface area contributed by atoms with Gasteiger partial charge >= 0.3 is 0 Å². The van der Waals surface area contributed by atoms with E-state index in [0.717, 1.165) is 5.92 Å². The van der Waals surface area contributed by atoms with Crippen LogP contribution in [-0.2, 0) is 0 Å². The van der Waals surface area contributed by atoms with Gasteiger partial charge in [-0.3, -0.25) is 0 Å². The Morgan fingerprint density at radius 1 is 1.38 bits per heavy atom. The van der Waals surface area contributed by atoms with Crippen molar-refractivity contribution in [3.05, 3.63) is 0 Å². The smallest absolute Gasteiger partial charge is 0.0217 e. The van der Waals surface area contributed by atoms with Crippen molar-refractivity contribution in [2.24, 2.45) is 5.92 Å². The van der Waals surface area contributed by atoms with Gasteiger partial charge in [0.1, 0.15) is 0 Å². The van der Waals surface area contributed by atoms with Gasteiger partial charge in [-0.25, -0.2) is 0 Å². The van der Waals surface area contributed by atoms with Crippen LogP contribution in [0.15, 0.2) is 0 Å². The molecular formula is C13H28N2S. The maximum Gasteiger partial charge on any atom is 0.0217 e. The zero-order valence-corrected chi connectivity index (χ0v) is 12.0. The molecule has 1 atom stereocenters. The first kappa shape index (κ1) is 14.3. The third-order valence-electron chi connectivity index (χ3n) is 3.39. The average molecular weight is 244 g/mol. The Kier molecular flexibility index (Phi) is 7.50. The molecule has 1 saturated heterocycles. The van der Waals surface area contributed by atoms with Gasteiger partial charge in [-0.1, -0.05) is 13.8 Å². The molecule has 2 nitrogen and oxygen atoms in total. The molecule has 1 heterocycles. The Morgan fingerprint density at radius 2 is 2.19 bits per heavy atom.